The van der Waals surface area contributed by atoms with E-state index in [2.05, 4.69) is 14.4 Å². The average molecular weight is 384 g/mol. The molecule has 0 bridgehead atoms. The Bertz CT molecular complexity index is 758. The predicted octanol–water partition coefficient (Wildman–Crippen LogP) is 0.974. The van der Waals surface area contributed by atoms with Gasteiger partial charge >= 0.3 is 11.9 Å². The minimum Gasteiger partial charge on any atom is -0.465 e. The summed E-state index contributed by atoms with van der Waals surface area (Å²) in [7, 11) is 0.477. The number of carbonyl (C=O) groups is 2. The summed E-state index contributed by atoms with van der Waals surface area (Å²) in [5.41, 5.74) is -0.0363. The monoisotopic (exact) mass is 384 g/mol. The van der Waals surface area contributed by atoms with Crippen LogP contribution in [0, 0.1) is 0 Å². The topological polar surface area (TPSA) is 93.2 Å². The van der Waals surface area contributed by atoms with Gasteiger partial charge in [0, 0.05) is 19.1 Å². The molecule has 1 fully saturated rings. The molecule has 0 aromatic heterocycles. The minimum atomic E-state index is -3.85. The Kier molecular flexibility index (Phi) is 6.38. The fraction of sp³-hybridized carbons (Fsp3) is 0.529. The van der Waals surface area contributed by atoms with Crippen molar-refractivity contribution in [3.63, 3.8) is 0 Å². The first kappa shape index (κ1) is 20.3. The third kappa shape index (κ3) is 4.05. The number of carbonyl (C=O) groups excluding carboxylic acids is 2. The Morgan fingerprint density at radius 3 is 2.15 bits per heavy atom. The van der Waals surface area contributed by atoms with Gasteiger partial charge < -0.3 is 14.4 Å². The van der Waals surface area contributed by atoms with Crippen LogP contribution >= 0.6 is 0 Å². The van der Waals surface area contributed by atoms with Crippen LogP contribution in [-0.4, -0.2) is 76.5 Å². The normalized spacial score (nSPS) is 18.1. The number of hydrogen-bond acceptors (Lipinski definition) is 7. The van der Waals surface area contributed by atoms with Crippen molar-refractivity contribution < 1.29 is 27.5 Å². The van der Waals surface area contributed by atoms with Crippen molar-refractivity contribution in [2.45, 2.75) is 24.3 Å². The van der Waals surface area contributed by atoms with E-state index in [1.807, 2.05) is 14.0 Å². The zero-order valence-corrected chi connectivity index (χ0v) is 16.2. The molecule has 0 N–H and O–H groups in total. The Morgan fingerprint density at radius 1 is 1.15 bits per heavy atom. The van der Waals surface area contributed by atoms with Crippen LogP contribution in [-0.2, 0) is 19.5 Å². The van der Waals surface area contributed by atoms with Crippen LogP contribution in [0.4, 0.5) is 0 Å². The quantitative estimate of drug-likeness (QED) is 0.675. The molecule has 0 radical (unpaired) electrons. The molecule has 2 rings (SSSR count). The van der Waals surface area contributed by atoms with Crippen LogP contribution < -0.4 is 0 Å². The average Bonchev–Trinajstić information content (AvgIpc) is 3.16. The molecule has 0 amide bonds. The van der Waals surface area contributed by atoms with Crippen molar-refractivity contribution in [2.24, 2.45) is 0 Å². The van der Waals surface area contributed by atoms with Gasteiger partial charge in [0.2, 0.25) is 10.0 Å². The zero-order chi connectivity index (χ0) is 19.5. The Labute approximate surface area is 153 Å². The molecular weight excluding hydrogens is 360 g/mol. The molecule has 8 nitrogen and oxygen atoms in total. The van der Waals surface area contributed by atoms with Crippen LogP contribution in [0.15, 0.2) is 23.1 Å². The maximum atomic E-state index is 13.0. The van der Waals surface area contributed by atoms with Crippen molar-refractivity contribution in [1.29, 1.82) is 0 Å². The maximum absolute atomic E-state index is 13.0. The Balaban J connectivity index is 2.42. The maximum Gasteiger partial charge on any atom is 0.337 e. The highest BCUT2D eigenvalue weighted by molar-refractivity contribution is 7.89. The summed E-state index contributed by atoms with van der Waals surface area (Å²) < 4.78 is 36.7. The van der Waals surface area contributed by atoms with Gasteiger partial charge in [-0.3, -0.25) is 0 Å². The molecule has 0 spiro atoms. The number of hydrogen-bond donors (Lipinski definition) is 0. The number of likely N-dealkylation sites (N-methyl/N-ethyl adjacent to an activating group) is 1. The molecule has 9 heteroatoms. The van der Waals surface area contributed by atoms with Gasteiger partial charge in [0.1, 0.15) is 0 Å². The number of nitrogens with zero attached hydrogens (tertiary/aromatic N) is 2. The molecule has 26 heavy (non-hydrogen) atoms. The van der Waals surface area contributed by atoms with Gasteiger partial charge in [0.25, 0.3) is 0 Å². The van der Waals surface area contributed by atoms with Crippen LogP contribution in [0.25, 0.3) is 0 Å². The standard InChI is InChI=1S/C17H24N2O6S/c1-5-18(2)14-6-7-19(11-14)26(22,23)15-9-12(16(20)24-3)8-13(10-15)17(21)25-4/h8-10,14H,5-7,11H2,1-4H3. The van der Waals surface area contributed by atoms with Gasteiger partial charge in [-0.15, -0.1) is 0 Å². The molecule has 1 unspecified atom stereocenters. The van der Waals surface area contributed by atoms with Gasteiger partial charge in [-0.2, -0.15) is 4.31 Å². The fourth-order valence-corrected chi connectivity index (χ4v) is 4.48. The van der Waals surface area contributed by atoms with Crippen LogP contribution in [0.2, 0.25) is 0 Å². The van der Waals surface area contributed by atoms with E-state index in [-0.39, 0.29) is 22.1 Å². The summed E-state index contributed by atoms with van der Waals surface area (Å²) >= 11 is 0. The first-order valence-electron chi connectivity index (χ1n) is 8.26. The van der Waals surface area contributed by atoms with Crippen molar-refractivity contribution >= 4 is 22.0 Å². The number of benzene rings is 1. The summed E-state index contributed by atoms with van der Waals surface area (Å²) in [5.74, 6) is -1.45. The second-order valence-electron chi connectivity index (χ2n) is 6.11. The molecule has 1 atom stereocenters. The van der Waals surface area contributed by atoms with E-state index >= 15 is 0 Å². The van der Waals surface area contributed by atoms with Crippen LogP contribution in [0.1, 0.15) is 34.1 Å². The first-order chi connectivity index (χ1) is 12.2. The fourth-order valence-electron chi connectivity index (χ4n) is 2.92. The molecule has 1 heterocycles. The second kappa shape index (κ2) is 8.15. The summed E-state index contributed by atoms with van der Waals surface area (Å²) in [4.78, 5) is 25.7. The summed E-state index contributed by atoms with van der Waals surface area (Å²) in [6.07, 6.45) is 0.726. The Hall–Kier alpha value is -1.97. The summed E-state index contributed by atoms with van der Waals surface area (Å²) in [5, 5.41) is 0. The lowest BCUT2D eigenvalue weighted by Crippen LogP contribution is -2.36. The minimum absolute atomic E-state index is 0.0181. The number of ether oxygens (including phenoxy) is 2. The lowest BCUT2D eigenvalue weighted by Gasteiger charge is -2.23. The molecule has 1 aliphatic rings. The molecule has 0 aliphatic carbocycles. The van der Waals surface area contributed by atoms with Gasteiger partial charge in [-0.05, 0) is 38.2 Å². The van der Waals surface area contributed by atoms with E-state index in [0.29, 0.717) is 13.1 Å². The van der Waals surface area contributed by atoms with E-state index in [1.54, 1.807) is 0 Å². The highest BCUT2D eigenvalue weighted by atomic mass is 32.2. The van der Waals surface area contributed by atoms with Gasteiger partial charge in [-0.25, -0.2) is 18.0 Å². The number of esters is 2. The predicted molar refractivity (Wildman–Crippen MR) is 94.6 cm³/mol. The van der Waals surface area contributed by atoms with Crippen molar-refractivity contribution in [2.75, 3.05) is 40.9 Å². The van der Waals surface area contributed by atoms with Crippen molar-refractivity contribution in [3.05, 3.63) is 29.3 Å². The number of methoxy groups -OCH3 is 2. The van der Waals surface area contributed by atoms with E-state index in [0.717, 1.165) is 13.0 Å². The van der Waals surface area contributed by atoms with E-state index < -0.39 is 22.0 Å². The van der Waals surface area contributed by atoms with E-state index in [1.165, 1.54) is 36.7 Å². The van der Waals surface area contributed by atoms with Crippen molar-refractivity contribution in [1.82, 2.24) is 9.21 Å². The van der Waals surface area contributed by atoms with E-state index in [4.69, 9.17) is 0 Å². The molecule has 1 saturated heterocycles. The molecular formula is C17H24N2O6S. The Morgan fingerprint density at radius 2 is 1.69 bits per heavy atom. The first-order valence-corrected chi connectivity index (χ1v) is 9.70. The summed E-state index contributed by atoms with van der Waals surface area (Å²) in [6, 6.07) is 3.85. The third-order valence-electron chi connectivity index (χ3n) is 4.63. The molecule has 1 aromatic carbocycles. The molecule has 144 valence electrons. The van der Waals surface area contributed by atoms with Crippen LogP contribution in [0.3, 0.4) is 0 Å². The second-order valence-corrected chi connectivity index (χ2v) is 8.05. The van der Waals surface area contributed by atoms with Crippen LogP contribution in [0.5, 0.6) is 0 Å². The largest absolute Gasteiger partial charge is 0.465 e. The zero-order valence-electron chi connectivity index (χ0n) is 15.4. The van der Waals surface area contributed by atoms with Gasteiger partial charge in [-0.1, -0.05) is 6.92 Å². The van der Waals surface area contributed by atoms with Crippen molar-refractivity contribution in [3.8, 4) is 0 Å². The SMILES string of the molecule is CCN(C)C1CCN(S(=O)(=O)c2cc(C(=O)OC)cc(C(=O)OC)c2)C1. The van der Waals surface area contributed by atoms with E-state index in [9.17, 15) is 18.0 Å². The highest BCUT2D eigenvalue weighted by Gasteiger charge is 2.34. The third-order valence-corrected chi connectivity index (χ3v) is 6.48. The molecule has 1 aromatic rings. The lowest BCUT2D eigenvalue weighted by molar-refractivity contribution is 0.0598. The van der Waals surface area contributed by atoms with Gasteiger partial charge in [0.05, 0.1) is 30.2 Å². The number of sulfonamides is 1. The molecule has 1 aliphatic heterocycles. The molecule has 0 saturated carbocycles. The smallest absolute Gasteiger partial charge is 0.337 e. The number of rotatable bonds is 6. The van der Waals surface area contributed by atoms with Gasteiger partial charge in [0.15, 0.2) is 0 Å². The lowest BCUT2D eigenvalue weighted by atomic mass is 10.1. The summed E-state index contributed by atoms with van der Waals surface area (Å²) in [6.45, 7) is 3.58. The highest BCUT2D eigenvalue weighted by Crippen LogP contribution is 2.25.